The fourth-order valence-corrected chi connectivity index (χ4v) is 2.51. The minimum Gasteiger partial charge on any atom is -0.365 e. The standard InChI is InChI=1S/C14H21N3O2/c1-4-8-19-11(2)14(18)17-7-5-6-13(17)12-9-15-16(3)10-12/h4,9-11,13H,1,5-8H2,2-3H3/t11-,13+/m1/s1. The number of carbonyl (C=O) groups excluding carboxylic acids is 1. The molecule has 0 radical (unpaired) electrons. The van der Waals surface area contributed by atoms with Gasteiger partial charge < -0.3 is 9.64 Å². The predicted octanol–water partition coefficient (Wildman–Crippen LogP) is 1.67. The number of aromatic nitrogens is 2. The molecule has 1 aliphatic rings. The number of likely N-dealkylation sites (tertiary alicyclic amines) is 1. The van der Waals surface area contributed by atoms with E-state index >= 15 is 0 Å². The zero-order valence-corrected chi connectivity index (χ0v) is 11.6. The second kappa shape index (κ2) is 6.02. The van der Waals surface area contributed by atoms with E-state index in [1.807, 2.05) is 24.3 Å². The average Bonchev–Trinajstić information content (AvgIpc) is 3.03. The molecule has 1 aromatic rings. The highest BCUT2D eigenvalue weighted by Crippen LogP contribution is 2.32. The normalized spacial score (nSPS) is 20.5. The molecule has 1 fully saturated rings. The van der Waals surface area contributed by atoms with Crippen LogP contribution in [0.5, 0.6) is 0 Å². The third-order valence-electron chi connectivity index (χ3n) is 3.46. The lowest BCUT2D eigenvalue weighted by molar-refractivity contribution is -0.142. The molecule has 5 heteroatoms. The summed E-state index contributed by atoms with van der Waals surface area (Å²) in [5.74, 6) is 0.0493. The van der Waals surface area contributed by atoms with Crippen LogP contribution in [0, 0.1) is 0 Å². The molecule has 0 saturated carbocycles. The Balaban J connectivity index is 2.06. The van der Waals surface area contributed by atoms with Crippen LogP contribution in [0.4, 0.5) is 0 Å². The lowest BCUT2D eigenvalue weighted by atomic mass is 10.1. The van der Waals surface area contributed by atoms with Gasteiger partial charge in [-0.05, 0) is 19.8 Å². The molecule has 1 amide bonds. The summed E-state index contributed by atoms with van der Waals surface area (Å²) in [7, 11) is 1.89. The smallest absolute Gasteiger partial charge is 0.251 e. The van der Waals surface area contributed by atoms with Gasteiger partial charge in [0.25, 0.3) is 5.91 Å². The average molecular weight is 263 g/mol. The van der Waals surface area contributed by atoms with Gasteiger partial charge in [0.1, 0.15) is 6.10 Å². The van der Waals surface area contributed by atoms with Gasteiger partial charge >= 0.3 is 0 Å². The summed E-state index contributed by atoms with van der Waals surface area (Å²) in [6.45, 7) is 6.58. The molecule has 0 bridgehead atoms. The number of aryl methyl sites for hydroxylation is 1. The molecule has 0 spiro atoms. The van der Waals surface area contributed by atoms with Crippen molar-refractivity contribution in [2.75, 3.05) is 13.2 Å². The van der Waals surface area contributed by atoms with Crippen LogP contribution in [0.15, 0.2) is 25.0 Å². The van der Waals surface area contributed by atoms with Crippen LogP contribution in [0.1, 0.15) is 31.4 Å². The highest BCUT2D eigenvalue weighted by molar-refractivity contribution is 5.81. The molecule has 1 aromatic heterocycles. The molecular weight excluding hydrogens is 242 g/mol. The van der Waals surface area contributed by atoms with Gasteiger partial charge in [0.15, 0.2) is 0 Å². The molecule has 5 nitrogen and oxygen atoms in total. The number of amides is 1. The molecule has 1 saturated heterocycles. The van der Waals surface area contributed by atoms with Crippen LogP contribution in [0.2, 0.25) is 0 Å². The Morgan fingerprint density at radius 1 is 1.74 bits per heavy atom. The van der Waals surface area contributed by atoms with Crippen molar-refractivity contribution >= 4 is 5.91 Å². The van der Waals surface area contributed by atoms with Crippen molar-refractivity contribution in [1.82, 2.24) is 14.7 Å². The first-order chi connectivity index (χ1) is 9.13. The molecule has 0 unspecified atom stereocenters. The minimum atomic E-state index is -0.421. The van der Waals surface area contributed by atoms with Gasteiger partial charge in [0, 0.05) is 25.4 Å². The highest BCUT2D eigenvalue weighted by atomic mass is 16.5. The fraction of sp³-hybridized carbons (Fsp3) is 0.571. The molecule has 2 rings (SSSR count). The summed E-state index contributed by atoms with van der Waals surface area (Å²) in [5, 5.41) is 4.18. The zero-order valence-electron chi connectivity index (χ0n) is 11.6. The van der Waals surface area contributed by atoms with Crippen molar-refractivity contribution in [2.45, 2.75) is 31.9 Å². The molecule has 104 valence electrons. The lowest BCUT2D eigenvalue weighted by Crippen LogP contribution is -2.38. The van der Waals surface area contributed by atoms with Gasteiger partial charge in [0.2, 0.25) is 0 Å². The fourth-order valence-electron chi connectivity index (χ4n) is 2.51. The topological polar surface area (TPSA) is 47.4 Å². The Labute approximate surface area is 113 Å². The van der Waals surface area contributed by atoms with Crippen LogP contribution in [0.25, 0.3) is 0 Å². The van der Waals surface area contributed by atoms with Crippen molar-refractivity contribution in [3.63, 3.8) is 0 Å². The van der Waals surface area contributed by atoms with E-state index in [9.17, 15) is 4.79 Å². The number of hydrogen-bond acceptors (Lipinski definition) is 3. The van der Waals surface area contributed by atoms with E-state index in [4.69, 9.17) is 4.74 Å². The van der Waals surface area contributed by atoms with Crippen LogP contribution in [-0.2, 0) is 16.6 Å². The van der Waals surface area contributed by atoms with Crippen molar-refractivity contribution < 1.29 is 9.53 Å². The number of carbonyl (C=O) groups is 1. The molecule has 19 heavy (non-hydrogen) atoms. The summed E-state index contributed by atoms with van der Waals surface area (Å²) in [5.41, 5.74) is 1.10. The van der Waals surface area contributed by atoms with Crippen LogP contribution < -0.4 is 0 Å². The molecule has 0 aromatic carbocycles. The van der Waals surface area contributed by atoms with Crippen molar-refractivity contribution in [2.24, 2.45) is 7.05 Å². The number of rotatable bonds is 5. The quantitative estimate of drug-likeness (QED) is 0.759. The van der Waals surface area contributed by atoms with Gasteiger partial charge in [-0.1, -0.05) is 6.08 Å². The van der Waals surface area contributed by atoms with Gasteiger partial charge in [0.05, 0.1) is 18.8 Å². The van der Waals surface area contributed by atoms with E-state index < -0.39 is 6.10 Å². The lowest BCUT2D eigenvalue weighted by Gasteiger charge is -2.26. The third kappa shape index (κ3) is 3.04. The Kier molecular flexibility index (Phi) is 4.37. The Bertz CT molecular complexity index is 455. The summed E-state index contributed by atoms with van der Waals surface area (Å²) >= 11 is 0. The summed E-state index contributed by atoms with van der Waals surface area (Å²) in [6.07, 6.45) is 7.07. The van der Waals surface area contributed by atoms with Gasteiger partial charge in [-0.25, -0.2) is 0 Å². The summed E-state index contributed by atoms with van der Waals surface area (Å²) in [6, 6.07) is 0.135. The van der Waals surface area contributed by atoms with Crippen LogP contribution >= 0.6 is 0 Å². The Morgan fingerprint density at radius 2 is 2.53 bits per heavy atom. The first-order valence-corrected chi connectivity index (χ1v) is 6.65. The second-order valence-electron chi connectivity index (χ2n) is 4.90. The molecule has 2 atom stereocenters. The SMILES string of the molecule is C=CCO[C@H](C)C(=O)N1CCC[C@H]1c1cnn(C)c1. The van der Waals surface area contributed by atoms with E-state index in [2.05, 4.69) is 11.7 Å². The van der Waals surface area contributed by atoms with Gasteiger partial charge in [-0.2, -0.15) is 5.10 Å². The van der Waals surface area contributed by atoms with Crippen molar-refractivity contribution in [1.29, 1.82) is 0 Å². The first kappa shape index (κ1) is 13.8. The number of nitrogens with zero attached hydrogens (tertiary/aromatic N) is 3. The van der Waals surface area contributed by atoms with E-state index in [0.717, 1.165) is 24.9 Å². The van der Waals surface area contributed by atoms with E-state index in [-0.39, 0.29) is 11.9 Å². The molecule has 0 N–H and O–H groups in total. The molecule has 0 aliphatic carbocycles. The number of ether oxygens (including phenoxy) is 1. The van der Waals surface area contributed by atoms with Gasteiger partial charge in [-0.15, -0.1) is 6.58 Å². The van der Waals surface area contributed by atoms with E-state index in [1.54, 1.807) is 17.7 Å². The Hall–Kier alpha value is -1.62. The summed E-state index contributed by atoms with van der Waals surface area (Å²) < 4.78 is 7.20. The van der Waals surface area contributed by atoms with Crippen LogP contribution in [-0.4, -0.2) is 39.8 Å². The third-order valence-corrected chi connectivity index (χ3v) is 3.46. The maximum Gasteiger partial charge on any atom is 0.251 e. The molecule has 1 aliphatic heterocycles. The Morgan fingerprint density at radius 3 is 3.16 bits per heavy atom. The van der Waals surface area contributed by atoms with Gasteiger partial charge in [-0.3, -0.25) is 9.48 Å². The monoisotopic (exact) mass is 263 g/mol. The largest absolute Gasteiger partial charge is 0.365 e. The second-order valence-corrected chi connectivity index (χ2v) is 4.90. The van der Waals surface area contributed by atoms with Crippen molar-refractivity contribution in [3.05, 3.63) is 30.6 Å². The minimum absolute atomic E-state index is 0.0493. The predicted molar refractivity (Wildman–Crippen MR) is 72.5 cm³/mol. The van der Waals surface area contributed by atoms with E-state index in [1.165, 1.54) is 0 Å². The maximum absolute atomic E-state index is 12.4. The van der Waals surface area contributed by atoms with Crippen molar-refractivity contribution in [3.8, 4) is 0 Å². The zero-order chi connectivity index (χ0) is 13.8. The molecular formula is C14H21N3O2. The molecule has 2 heterocycles. The first-order valence-electron chi connectivity index (χ1n) is 6.65. The van der Waals surface area contributed by atoms with Crippen LogP contribution in [0.3, 0.4) is 0 Å². The van der Waals surface area contributed by atoms with E-state index in [0.29, 0.717) is 6.61 Å². The summed E-state index contributed by atoms with van der Waals surface area (Å²) in [4.78, 5) is 14.3. The number of hydrogen-bond donors (Lipinski definition) is 0. The highest BCUT2D eigenvalue weighted by Gasteiger charge is 2.33. The maximum atomic E-state index is 12.4.